The summed E-state index contributed by atoms with van der Waals surface area (Å²) in [5, 5.41) is 2.25. The monoisotopic (exact) mass is 344 g/mol. The van der Waals surface area contributed by atoms with Crippen LogP contribution in [0.3, 0.4) is 0 Å². The van der Waals surface area contributed by atoms with Crippen molar-refractivity contribution in [3.05, 3.63) is 59.7 Å². The van der Waals surface area contributed by atoms with Crippen molar-refractivity contribution < 1.29 is 18.0 Å². The number of amides is 2. The predicted molar refractivity (Wildman–Crippen MR) is 88.9 cm³/mol. The van der Waals surface area contributed by atoms with E-state index < -0.39 is 15.9 Å². The Morgan fingerprint density at radius 2 is 1.62 bits per heavy atom. The number of hydrogen-bond donors (Lipinski definition) is 2. The molecule has 0 spiro atoms. The number of aryl methyl sites for hydroxylation is 1. The Balaban J connectivity index is 1.78. The van der Waals surface area contributed by atoms with Gasteiger partial charge in [-0.1, -0.05) is 29.8 Å². The summed E-state index contributed by atoms with van der Waals surface area (Å²) in [6, 6.07) is 13.0. The van der Waals surface area contributed by atoms with Crippen LogP contribution in [0.1, 0.15) is 23.5 Å². The molecule has 6 nitrogen and oxygen atoms in total. The molecule has 0 bridgehead atoms. The largest absolute Gasteiger partial charge is 0.296 e. The molecule has 124 valence electrons. The van der Waals surface area contributed by atoms with Gasteiger partial charge in [-0.05, 0) is 36.8 Å². The molecule has 2 amide bonds. The van der Waals surface area contributed by atoms with Crippen molar-refractivity contribution in [3.63, 3.8) is 0 Å². The molecule has 0 radical (unpaired) electrons. The minimum atomic E-state index is -3.66. The fourth-order valence-electron chi connectivity index (χ4n) is 2.54. The summed E-state index contributed by atoms with van der Waals surface area (Å²) in [7, 11) is -3.66. The number of rotatable bonds is 4. The normalized spacial score (nSPS) is 17.6. The van der Waals surface area contributed by atoms with E-state index >= 15 is 0 Å². The lowest BCUT2D eigenvalue weighted by Crippen LogP contribution is -2.21. The van der Waals surface area contributed by atoms with Crippen molar-refractivity contribution >= 4 is 27.5 Å². The zero-order valence-corrected chi connectivity index (χ0v) is 13.8. The van der Waals surface area contributed by atoms with E-state index in [0.29, 0.717) is 11.3 Å². The van der Waals surface area contributed by atoms with E-state index in [-0.39, 0.29) is 23.1 Å². The average molecular weight is 344 g/mol. The molecule has 1 aliphatic heterocycles. The third-order valence-corrected chi connectivity index (χ3v) is 5.26. The van der Waals surface area contributed by atoms with Crippen LogP contribution >= 0.6 is 0 Å². The number of carbonyl (C=O) groups excluding carboxylic acids is 2. The molecule has 0 aromatic heterocycles. The number of hydrogen-bond acceptors (Lipinski definition) is 4. The summed E-state index contributed by atoms with van der Waals surface area (Å²) in [5.41, 5.74) is 2.04. The first-order chi connectivity index (χ1) is 11.3. The zero-order chi connectivity index (χ0) is 17.3. The molecule has 0 saturated carbocycles. The Morgan fingerprint density at radius 1 is 1.00 bits per heavy atom. The van der Waals surface area contributed by atoms with E-state index in [1.54, 1.807) is 48.5 Å². The highest BCUT2D eigenvalue weighted by Crippen LogP contribution is 2.26. The van der Waals surface area contributed by atoms with Gasteiger partial charge in [-0.25, -0.2) is 8.42 Å². The van der Waals surface area contributed by atoms with Gasteiger partial charge in [-0.3, -0.25) is 19.6 Å². The molecule has 7 heteroatoms. The van der Waals surface area contributed by atoms with Crippen LogP contribution in [0.5, 0.6) is 0 Å². The lowest BCUT2D eigenvalue weighted by atomic mass is 9.97. The van der Waals surface area contributed by atoms with Crippen LogP contribution in [0.25, 0.3) is 0 Å². The van der Waals surface area contributed by atoms with Gasteiger partial charge in [0.1, 0.15) is 0 Å². The quantitative estimate of drug-likeness (QED) is 0.829. The van der Waals surface area contributed by atoms with Gasteiger partial charge >= 0.3 is 0 Å². The number of benzene rings is 2. The number of nitrogens with one attached hydrogen (secondary N) is 2. The molecule has 2 N–H and O–H groups in total. The minimum absolute atomic E-state index is 0.118. The van der Waals surface area contributed by atoms with Gasteiger partial charge in [-0.15, -0.1) is 0 Å². The standard InChI is InChI=1S/C17H16N2O4S/c1-11-2-8-14(9-3-11)24(22,23)19-13-6-4-12(5-7-13)15-10-16(20)18-17(15)21/h2-9,15,19H,10H2,1H3,(H,18,20,21). The van der Waals surface area contributed by atoms with Gasteiger partial charge in [0.15, 0.2) is 0 Å². The van der Waals surface area contributed by atoms with Crippen molar-refractivity contribution in [1.29, 1.82) is 0 Å². The Bertz CT molecular complexity index is 887. The summed E-state index contributed by atoms with van der Waals surface area (Å²) in [4.78, 5) is 23.1. The number of anilines is 1. The minimum Gasteiger partial charge on any atom is -0.296 e. The molecule has 1 aliphatic rings. The summed E-state index contributed by atoms with van der Waals surface area (Å²) in [6.45, 7) is 1.88. The number of sulfonamides is 1. The summed E-state index contributed by atoms with van der Waals surface area (Å²) in [5.74, 6) is -1.14. The lowest BCUT2D eigenvalue weighted by molar-refractivity contribution is -0.125. The van der Waals surface area contributed by atoms with Crippen molar-refractivity contribution in [2.45, 2.75) is 24.2 Å². The second-order valence-corrected chi connectivity index (χ2v) is 7.39. The van der Waals surface area contributed by atoms with Gasteiger partial charge in [-0.2, -0.15) is 0 Å². The topological polar surface area (TPSA) is 92.3 Å². The fraction of sp³-hybridized carbons (Fsp3) is 0.176. The van der Waals surface area contributed by atoms with Gasteiger partial charge in [0.2, 0.25) is 11.8 Å². The van der Waals surface area contributed by atoms with E-state index in [1.165, 1.54) is 0 Å². The average Bonchev–Trinajstić information content (AvgIpc) is 2.87. The maximum atomic E-state index is 12.3. The summed E-state index contributed by atoms with van der Waals surface area (Å²) < 4.78 is 27.2. The Kier molecular flexibility index (Phi) is 4.11. The van der Waals surface area contributed by atoms with Crippen molar-refractivity contribution in [2.24, 2.45) is 0 Å². The first-order valence-electron chi connectivity index (χ1n) is 7.38. The van der Waals surface area contributed by atoms with Gasteiger partial charge in [0, 0.05) is 12.1 Å². The Hall–Kier alpha value is -2.67. The van der Waals surface area contributed by atoms with Crippen LogP contribution in [-0.2, 0) is 19.6 Å². The van der Waals surface area contributed by atoms with Crippen LogP contribution in [0.15, 0.2) is 53.4 Å². The number of carbonyl (C=O) groups is 2. The van der Waals surface area contributed by atoms with Crippen LogP contribution in [0.2, 0.25) is 0 Å². The van der Waals surface area contributed by atoms with Gasteiger partial charge in [0.25, 0.3) is 10.0 Å². The molecular formula is C17H16N2O4S. The van der Waals surface area contributed by atoms with E-state index in [0.717, 1.165) is 5.56 Å². The summed E-state index contributed by atoms with van der Waals surface area (Å²) in [6.07, 6.45) is 0.118. The molecule has 1 atom stereocenters. The first-order valence-corrected chi connectivity index (χ1v) is 8.86. The van der Waals surface area contributed by atoms with Gasteiger partial charge < -0.3 is 0 Å². The van der Waals surface area contributed by atoms with Gasteiger partial charge in [0.05, 0.1) is 10.8 Å². The fourth-order valence-corrected chi connectivity index (χ4v) is 3.60. The maximum Gasteiger partial charge on any atom is 0.261 e. The molecule has 1 unspecified atom stereocenters. The molecule has 24 heavy (non-hydrogen) atoms. The molecule has 2 aromatic carbocycles. The smallest absolute Gasteiger partial charge is 0.261 e. The molecule has 1 heterocycles. The van der Waals surface area contributed by atoms with Crippen molar-refractivity contribution in [1.82, 2.24) is 5.32 Å². The third kappa shape index (κ3) is 3.30. The second-order valence-electron chi connectivity index (χ2n) is 5.71. The maximum absolute atomic E-state index is 12.3. The molecule has 1 saturated heterocycles. The molecule has 2 aromatic rings. The first kappa shape index (κ1) is 16.2. The highest BCUT2D eigenvalue weighted by Gasteiger charge is 2.31. The molecule has 3 rings (SSSR count). The highest BCUT2D eigenvalue weighted by molar-refractivity contribution is 7.92. The van der Waals surface area contributed by atoms with E-state index in [1.807, 2.05) is 6.92 Å². The predicted octanol–water partition coefficient (Wildman–Crippen LogP) is 1.93. The molecule has 1 fully saturated rings. The molecular weight excluding hydrogens is 328 g/mol. The Morgan fingerprint density at radius 3 is 2.17 bits per heavy atom. The lowest BCUT2D eigenvalue weighted by Gasteiger charge is -2.10. The highest BCUT2D eigenvalue weighted by atomic mass is 32.2. The third-order valence-electron chi connectivity index (χ3n) is 3.87. The SMILES string of the molecule is Cc1ccc(S(=O)(=O)Nc2ccc(C3CC(=O)NC3=O)cc2)cc1. The van der Waals surface area contributed by atoms with E-state index in [4.69, 9.17) is 0 Å². The van der Waals surface area contributed by atoms with E-state index in [2.05, 4.69) is 10.0 Å². The van der Waals surface area contributed by atoms with Crippen molar-refractivity contribution in [2.75, 3.05) is 4.72 Å². The van der Waals surface area contributed by atoms with Crippen molar-refractivity contribution in [3.8, 4) is 0 Å². The Labute approximate surface area is 139 Å². The summed E-state index contributed by atoms with van der Waals surface area (Å²) >= 11 is 0. The molecule has 0 aliphatic carbocycles. The van der Waals surface area contributed by atoms with Crippen LogP contribution < -0.4 is 10.0 Å². The van der Waals surface area contributed by atoms with E-state index in [9.17, 15) is 18.0 Å². The second kappa shape index (κ2) is 6.09. The zero-order valence-electron chi connectivity index (χ0n) is 12.9. The van der Waals surface area contributed by atoms with Crippen LogP contribution in [0.4, 0.5) is 5.69 Å². The van der Waals surface area contributed by atoms with Crippen LogP contribution in [0, 0.1) is 6.92 Å². The number of imide groups is 1. The van der Waals surface area contributed by atoms with Crippen LogP contribution in [-0.4, -0.2) is 20.2 Å².